The van der Waals surface area contributed by atoms with Gasteiger partial charge in [0.15, 0.2) is 5.78 Å². The molecule has 1 aromatic rings. The van der Waals surface area contributed by atoms with Crippen LogP contribution >= 0.6 is 0 Å². The van der Waals surface area contributed by atoms with Gasteiger partial charge in [-0.3, -0.25) is 14.4 Å². The molecule has 0 spiro atoms. The SMILES string of the molecule is NC(=O)[C@@H]1CCCN1C(=O)CCCC(=O)c1ccc(F)cc1. The van der Waals surface area contributed by atoms with Crippen molar-refractivity contribution in [3.8, 4) is 0 Å². The molecule has 1 saturated heterocycles. The number of likely N-dealkylation sites (tertiary alicyclic amines) is 1. The maximum atomic E-state index is 12.8. The fourth-order valence-corrected chi connectivity index (χ4v) is 2.68. The standard InChI is InChI=1S/C16H19FN2O3/c17-12-8-6-11(7-9-12)14(20)4-1-5-15(21)19-10-2-3-13(19)16(18)22/h6-9,13H,1-5,10H2,(H2,18,22)/t13-/m0/s1. The predicted octanol–water partition coefficient (Wildman–Crippen LogP) is 1.65. The largest absolute Gasteiger partial charge is 0.368 e. The third kappa shape index (κ3) is 3.90. The van der Waals surface area contributed by atoms with Crippen LogP contribution in [-0.2, 0) is 9.59 Å². The first-order valence-corrected chi connectivity index (χ1v) is 7.36. The van der Waals surface area contributed by atoms with Crippen molar-refractivity contribution in [1.82, 2.24) is 4.90 Å². The molecule has 0 bridgehead atoms. The van der Waals surface area contributed by atoms with Gasteiger partial charge in [0.05, 0.1) is 0 Å². The maximum absolute atomic E-state index is 12.8. The van der Waals surface area contributed by atoms with Crippen LogP contribution in [0.15, 0.2) is 24.3 Å². The average Bonchev–Trinajstić information content (AvgIpc) is 2.97. The Morgan fingerprint density at radius 1 is 1.18 bits per heavy atom. The highest BCUT2D eigenvalue weighted by Crippen LogP contribution is 2.19. The number of primary amides is 1. The van der Waals surface area contributed by atoms with Crippen molar-refractivity contribution < 1.29 is 18.8 Å². The Hall–Kier alpha value is -2.24. The van der Waals surface area contributed by atoms with Gasteiger partial charge in [-0.2, -0.15) is 0 Å². The van der Waals surface area contributed by atoms with Crippen LogP contribution in [0.1, 0.15) is 42.5 Å². The van der Waals surface area contributed by atoms with Crippen molar-refractivity contribution in [2.24, 2.45) is 5.73 Å². The molecule has 1 fully saturated rings. The third-order valence-electron chi connectivity index (χ3n) is 3.86. The summed E-state index contributed by atoms with van der Waals surface area (Å²) in [5, 5.41) is 0. The molecule has 2 rings (SSSR count). The number of nitrogens with two attached hydrogens (primary N) is 1. The van der Waals surface area contributed by atoms with Gasteiger partial charge in [-0.1, -0.05) is 0 Å². The number of carbonyl (C=O) groups is 3. The van der Waals surface area contributed by atoms with E-state index >= 15 is 0 Å². The highest BCUT2D eigenvalue weighted by molar-refractivity contribution is 5.96. The molecule has 1 aliphatic heterocycles. The second kappa shape index (κ2) is 7.15. The Morgan fingerprint density at radius 3 is 2.50 bits per heavy atom. The highest BCUT2D eigenvalue weighted by Gasteiger charge is 2.32. The lowest BCUT2D eigenvalue weighted by atomic mass is 10.1. The lowest BCUT2D eigenvalue weighted by Gasteiger charge is -2.22. The third-order valence-corrected chi connectivity index (χ3v) is 3.86. The molecule has 2 N–H and O–H groups in total. The summed E-state index contributed by atoms with van der Waals surface area (Å²) in [5.74, 6) is -1.14. The molecule has 0 radical (unpaired) electrons. The molecule has 0 aromatic heterocycles. The van der Waals surface area contributed by atoms with E-state index in [9.17, 15) is 18.8 Å². The number of halogens is 1. The number of benzene rings is 1. The van der Waals surface area contributed by atoms with Gasteiger partial charge in [0.1, 0.15) is 11.9 Å². The minimum atomic E-state index is -0.514. The van der Waals surface area contributed by atoms with Crippen LogP contribution in [-0.4, -0.2) is 35.1 Å². The Balaban J connectivity index is 1.80. The summed E-state index contributed by atoms with van der Waals surface area (Å²) < 4.78 is 12.8. The molecule has 22 heavy (non-hydrogen) atoms. The first-order valence-electron chi connectivity index (χ1n) is 7.36. The van der Waals surface area contributed by atoms with Crippen molar-refractivity contribution >= 4 is 17.6 Å². The molecule has 0 aliphatic carbocycles. The molecular weight excluding hydrogens is 287 g/mol. The predicted molar refractivity (Wildman–Crippen MR) is 78.5 cm³/mol. The lowest BCUT2D eigenvalue weighted by Crippen LogP contribution is -2.43. The Labute approximate surface area is 128 Å². The minimum absolute atomic E-state index is 0.124. The number of Topliss-reactive ketones (excluding diaryl/α,β-unsaturated/α-hetero) is 1. The normalized spacial score (nSPS) is 17.5. The summed E-state index contributed by atoms with van der Waals surface area (Å²) in [5.41, 5.74) is 5.71. The minimum Gasteiger partial charge on any atom is -0.368 e. The molecule has 118 valence electrons. The first kappa shape index (κ1) is 16.1. The number of ketones is 1. The molecular formula is C16H19FN2O3. The van der Waals surface area contributed by atoms with Crippen LogP contribution in [0.25, 0.3) is 0 Å². The van der Waals surface area contributed by atoms with Crippen LogP contribution in [0.2, 0.25) is 0 Å². The number of hydrogen-bond acceptors (Lipinski definition) is 3. The number of amides is 2. The molecule has 6 heteroatoms. The van der Waals surface area contributed by atoms with Crippen molar-refractivity contribution in [2.75, 3.05) is 6.54 Å². The highest BCUT2D eigenvalue weighted by atomic mass is 19.1. The fraction of sp³-hybridized carbons (Fsp3) is 0.438. The van der Waals surface area contributed by atoms with E-state index in [1.54, 1.807) is 0 Å². The second-order valence-corrected chi connectivity index (χ2v) is 5.43. The van der Waals surface area contributed by atoms with E-state index in [0.29, 0.717) is 24.9 Å². The zero-order valence-corrected chi connectivity index (χ0v) is 12.3. The van der Waals surface area contributed by atoms with E-state index in [1.807, 2.05) is 0 Å². The first-order chi connectivity index (χ1) is 10.5. The van der Waals surface area contributed by atoms with E-state index < -0.39 is 17.8 Å². The van der Waals surface area contributed by atoms with Gasteiger partial charge in [-0.05, 0) is 43.5 Å². The maximum Gasteiger partial charge on any atom is 0.240 e. The molecule has 1 heterocycles. The zero-order chi connectivity index (χ0) is 16.1. The van der Waals surface area contributed by atoms with Gasteiger partial charge < -0.3 is 10.6 Å². The van der Waals surface area contributed by atoms with Crippen molar-refractivity contribution in [1.29, 1.82) is 0 Å². The molecule has 1 aliphatic rings. The molecule has 2 amide bonds. The summed E-state index contributed by atoms with van der Waals surface area (Å²) in [7, 11) is 0. The molecule has 1 atom stereocenters. The van der Waals surface area contributed by atoms with E-state index in [4.69, 9.17) is 5.73 Å². The monoisotopic (exact) mass is 306 g/mol. The Morgan fingerprint density at radius 2 is 1.86 bits per heavy atom. The van der Waals surface area contributed by atoms with E-state index in [2.05, 4.69) is 0 Å². The van der Waals surface area contributed by atoms with Crippen LogP contribution < -0.4 is 5.73 Å². The van der Waals surface area contributed by atoms with E-state index in [-0.39, 0.29) is 24.5 Å². The summed E-state index contributed by atoms with van der Waals surface area (Å²) in [4.78, 5) is 36.7. The fourth-order valence-electron chi connectivity index (χ4n) is 2.68. The van der Waals surface area contributed by atoms with Gasteiger partial charge in [-0.15, -0.1) is 0 Å². The van der Waals surface area contributed by atoms with Crippen LogP contribution in [0, 0.1) is 5.82 Å². The Bertz CT molecular complexity index is 571. The van der Waals surface area contributed by atoms with Gasteiger partial charge in [0.25, 0.3) is 0 Å². The summed E-state index contributed by atoms with van der Waals surface area (Å²) in [6.07, 6.45) is 2.20. The molecule has 5 nitrogen and oxygen atoms in total. The van der Waals surface area contributed by atoms with E-state index in [1.165, 1.54) is 29.2 Å². The summed E-state index contributed by atoms with van der Waals surface area (Å²) in [6, 6.07) is 4.83. The number of carbonyl (C=O) groups excluding carboxylic acids is 3. The van der Waals surface area contributed by atoms with Crippen molar-refractivity contribution in [3.05, 3.63) is 35.6 Å². The molecule has 1 aromatic carbocycles. The van der Waals surface area contributed by atoms with Gasteiger partial charge >= 0.3 is 0 Å². The quantitative estimate of drug-likeness (QED) is 0.812. The number of nitrogens with zero attached hydrogens (tertiary/aromatic N) is 1. The van der Waals surface area contributed by atoms with Gasteiger partial charge in [0, 0.05) is 24.9 Å². The summed E-state index contributed by atoms with van der Waals surface area (Å²) >= 11 is 0. The molecule has 0 saturated carbocycles. The van der Waals surface area contributed by atoms with Gasteiger partial charge in [-0.25, -0.2) is 4.39 Å². The topological polar surface area (TPSA) is 80.5 Å². The number of rotatable bonds is 6. The Kier molecular flexibility index (Phi) is 5.25. The van der Waals surface area contributed by atoms with Crippen LogP contribution in [0.3, 0.4) is 0 Å². The zero-order valence-electron chi connectivity index (χ0n) is 12.3. The van der Waals surface area contributed by atoms with Crippen LogP contribution in [0.5, 0.6) is 0 Å². The van der Waals surface area contributed by atoms with Crippen molar-refractivity contribution in [3.63, 3.8) is 0 Å². The van der Waals surface area contributed by atoms with E-state index in [0.717, 1.165) is 6.42 Å². The van der Waals surface area contributed by atoms with Crippen molar-refractivity contribution in [2.45, 2.75) is 38.1 Å². The second-order valence-electron chi connectivity index (χ2n) is 5.43. The summed E-state index contributed by atoms with van der Waals surface area (Å²) in [6.45, 7) is 0.540. The molecule has 0 unspecified atom stereocenters. The van der Waals surface area contributed by atoms with Crippen LogP contribution in [0.4, 0.5) is 4.39 Å². The number of hydrogen-bond donors (Lipinski definition) is 1. The van der Waals surface area contributed by atoms with Gasteiger partial charge in [0.2, 0.25) is 11.8 Å². The smallest absolute Gasteiger partial charge is 0.240 e. The average molecular weight is 306 g/mol. The lowest BCUT2D eigenvalue weighted by molar-refractivity contribution is -0.137.